The number of fused-ring (bicyclic) bond motifs is 1. The summed E-state index contributed by atoms with van der Waals surface area (Å²) < 4.78 is 6.19. The van der Waals surface area contributed by atoms with Crippen molar-refractivity contribution in [2.45, 2.75) is 0 Å². The van der Waals surface area contributed by atoms with Gasteiger partial charge in [-0.25, -0.2) is 4.79 Å². The summed E-state index contributed by atoms with van der Waals surface area (Å²) in [5.41, 5.74) is 1.02. The molecule has 0 atom stereocenters. The lowest BCUT2D eigenvalue weighted by Gasteiger charge is -1.98. The van der Waals surface area contributed by atoms with Crippen LogP contribution in [0.2, 0.25) is 0 Å². The van der Waals surface area contributed by atoms with Crippen molar-refractivity contribution in [1.82, 2.24) is 14.6 Å². The van der Waals surface area contributed by atoms with E-state index in [-0.39, 0.29) is 16.2 Å². The topological polar surface area (TPSA) is 90.6 Å². The van der Waals surface area contributed by atoms with Gasteiger partial charge in [-0.15, -0.1) is 0 Å². The minimum atomic E-state index is -0.485. The highest BCUT2D eigenvalue weighted by molar-refractivity contribution is 7.15. The second-order valence-electron chi connectivity index (χ2n) is 5.86. The molecule has 2 aromatic carbocycles. The van der Waals surface area contributed by atoms with Crippen LogP contribution in [0.3, 0.4) is 0 Å². The number of rotatable bonds is 3. The zero-order valence-corrected chi connectivity index (χ0v) is 15.5. The van der Waals surface area contributed by atoms with E-state index in [9.17, 15) is 14.4 Å². The highest BCUT2D eigenvalue weighted by atomic mass is 32.1. The van der Waals surface area contributed by atoms with E-state index in [1.165, 1.54) is 7.11 Å². The molecular formula is C20H13N3O4S. The molecule has 28 heavy (non-hydrogen) atoms. The third-order valence-electron chi connectivity index (χ3n) is 4.06. The summed E-state index contributed by atoms with van der Waals surface area (Å²) in [7, 11) is 1.31. The molecule has 0 bridgehead atoms. The van der Waals surface area contributed by atoms with Gasteiger partial charge in [-0.2, -0.15) is 14.6 Å². The van der Waals surface area contributed by atoms with Gasteiger partial charge >= 0.3 is 11.5 Å². The Balaban J connectivity index is 1.82. The van der Waals surface area contributed by atoms with E-state index in [1.54, 1.807) is 54.6 Å². The molecule has 138 valence electrons. The van der Waals surface area contributed by atoms with Crippen LogP contribution in [-0.4, -0.2) is 27.7 Å². The van der Waals surface area contributed by atoms with Crippen LogP contribution in [0.5, 0.6) is 0 Å². The minimum Gasteiger partial charge on any atom is -0.465 e. The molecule has 0 N–H and O–H groups in total. The van der Waals surface area contributed by atoms with Gasteiger partial charge in [0.1, 0.15) is 0 Å². The van der Waals surface area contributed by atoms with Crippen molar-refractivity contribution in [3.63, 3.8) is 0 Å². The largest absolute Gasteiger partial charge is 0.465 e. The van der Waals surface area contributed by atoms with Crippen molar-refractivity contribution in [2.24, 2.45) is 0 Å². The Hall–Kier alpha value is -3.65. The lowest BCUT2D eigenvalue weighted by atomic mass is 10.1. The smallest absolute Gasteiger partial charge is 0.337 e. The van der Waals surface area contributed by atoms with Crippen LogP contribution in [-0.2, 0) is 4.74 Å². The molecule has 0 unspecified atom stereocenters. The molecule has 0 saturated carbocycles. The van der Waals surface area contributed by atoms with Gasteiger partial charge in [0.2, 0.25) is 4.96 Å². The van der Waals surface area contributed by atoms with E-state index in [2.05, 4.69) is 14.8 Å². The first kappa shape index (κ1) is 17.7. The molecule has 0 spiro atoms. The van der Waals surface area contributed by atoms with Gasteiger partial charge in [0.25, 0.3) is 5.56 Å². The first-order chi connectivity index (χ1) is 13.6. The molecule has 4 rings (SSSR count). The Morgan fingerprint density at radius 3 is 2.46 bits per heavy atom. The zero-order chi connectivity index (χ0) is 19.7. The first-order valence-electron chi connectivity index (χ1n) is 8.26. The normalized spacial score (nSPS) is 11.7. The monoisotopic (exact) mass is 391 g/mol. The Morgan fingerprint density at radius 1 is 1.07 bits per heavy atom. The quantitative estimate of drug-likeness (QED) is 0.492. The number of thiazole rings is 1. The van der Waals surface area contributed by atoms with Gasteiger partial charge < -0.3 is 4.74 Å². The van der Waals surface area contributed by atoms with Crippen LogP contribution < -0.4 is 15.7 Å². The van der Waals surface area contributed by atoms with Gasteiger partial charge in [0.15, 0.2) is 5.69 Å². The van der Waals surface area contributed by atoms with Crippen molar-refractivity contribution < 1.29 is 9.53 Å². The maximum Gasteiger partial charge on any atom is 0.337 e. The second-order valence-corrected chi connectivity index (χ2v) is 6.86. The molecule has 7 nitrogen and oxygen atoms in total. The summed E-state index contributed by atoms with van der Waals surface area (Å²) in [4.78, 5) is 40.8. The number of carbonyl (C=O) groups excluding carboxylic acids is 1. The van der Waals surface area contributed by atoms with Crippen LogP contribution >= 0.6 is 11.3 Å². The average molecular weight is 391 g/mol. The van der Waals surface area contributed by atoms with Crippen molar-refractivity contribution in [3.05, 3.63) is 91.0 Å². The maximum atomic E-state index is 12.7. The molecule has 0 aliphatic heterocycles. The summed E-state index contributed by atoms with van der Waals surface area (Å²) in [5.74, 6) is -0.432. The summed E-state index contributed by atoms with van der Waals surface area (Å²) in [6, 6.07) is 15.5. The van der Waals surface area contributed by atoms with E-state index < -0.39 is 11.5 Å². The van der Waals surface area contributed by atoms with E-state index in [4.69, 9.17) is 0 Å². The zero-order valence-electron chi connectivity index (χ0n) is 14.7. The fraction of sp³-hybridized carbons (Fsp3) is 0.0500. The van der Waals surface area contributed by atoms with Crippen LogP contribution in [0.25, 0.3) is 22.3 Å². The molecule has 0 aliphatic rings. The lowest BCUT2D eigenvalue weighted by Crippen LogP contribution is -2.26. The van der Waals surface area contributed by atoms with E-state index in [0.717, 1.165) is 21.4 Å². The van der Waals surface area contributed by atoms with Gasteiger partial charge in [0.05, 0.1) is 17.2 Å². The third kappa shape index (κ3) is 3.21. The van der Waals surface area contributed by atoms with Crippen LogP contribution in [0, 0.1) is 0 Å². The fourth-order valence-corrected chi connectivity index (χ4v) is 3.57. The number of benzene rings is 2. The molecule has 0 radical (unpaired) electrons. The lowest BCUT2D eigenvalue weighted by molar-refractivity contribution is 0.0600. The molecule has 0 amide bonds. The Labute approximate surface area is 162 Å². The van der Waals surface area contributed by atoms with Crippen molar-refractivity contribution in [2.75, 3.05) is 7.11 Å². The van der Waals surface area contributed by atoms with Crippen LogP contribution in [0.1, 0.15) is 15.9 Å². The number of hydrogen-bond acceptors (Lipinski definition) is 7. The summed E-state index contributed by atoms with van der Waals surface area (Å²) in [6.45, 7) is 0. The SMILES string of the molecule is COC(=O)c1ccc(/C=c2\sc3nc(=O)c(-c4ccccc4)nn3c2=O)cc1. The summed E-state index contributed by atoms with van der Waals surface area (Å²) in [6.07, 6.45) is 1.66. The molecule has 4 aromatic rings. The van der Waals surface area contributed by atoms with Crippen LogP contribution in [0.4, 0.5) is 0 Å². The second kappa shape index (κ2) is 7.16. The third-order valence-corrected chi connectivity index (χ3v) is 5.02. The molecule has 2 heterocycles. The number of nitrogens with zero attached hydrogens (tertiary/aromatic N) is 3. The molecule has 0 saturated heterocycles. The van der Waals surface area contributed by atoms with E-state index >= 15 is 0 Å². The average Bonchev–Trinajstić information content (AvgIpc) is 3.02. The predicted molar refractivity (Wildman–Crippen MR) is 105 cm³/mol. The Morgan fingerprint density at radius 2 is 1.79 bits per heavy atom. The van der Waals surface area contributed by atoms with Gasteiger partial charge in [-0.05, 0) is 23.8 Å². The van der Waals surface area contributed by atoms with Gasteiger partial charge in [-0.3, -0.25) is 9.59 Å². The molecule has 0 fully saturated rings. The molecule has 8 heteroatoms. The Bertz CT molecular complexity index is 1340. The molecule has 0 aliphatic carbocycles. The van der Waals surface area contributed by atoms with E-state index in [0.29, 0.717) is 15.7 Å². The standard InChI is InChI=1S/C20H13N3O4S/c1-27-19(26)14-9-7-12(8-10-14)11-15-18(25)23-20(28-15)21-17(24)16(22-23)13-5-3-2-4-6-13/h2-11H,1H3/b15-11-. The van der Waals surface area contributed by atoms with Gasteiger partial charge in [-0.1, -0.05) is 53.8 Å². The van der Waals surface area contributed by atoms with Gasteiger partial charge in [0, 0.05) is 5.56 Å². The van der Waals surface area contributed by atoms with Crippen molar-refractivity contribution >= 4 is 28.3 Å². The summed E-state index contributed by atoms with van der Waals surface area (Å²) >= 11 is 1.08. The van der Waals surface area contributed by atoms with E-state index in [1.807, 2.05) is 6.07 Å². The fourth-order valence-electron chi connectivity index (χ4n) is 2.67. The maximum absolute atomic E-state index is 12.7. The van der Waals surface area contributed by atoms with Crippen molar-refractivity contribution in [1.29, 1.82) is 0 Å². The number of hydrogen-bond donors (Lipinski definition) is 0. The predicted octanol–water partition coefficient (Wildman–Crippen LogP) is 1.51. The number of esters is 1. The minimum absolute atomic E-state index is 0.127. The van der Waals surface area contributed by atoms with Crippen LogP contribution in [0.15, 0.2) is 64.2 Å². The highest BCUT2D eigenvalue weighted by Gasteiger charge is 2.12. The molecule has 2 aromatic heterocycles. The number of aromatic nitrogens is 3. The highest BCUT2D eigenvalue weighted by Crippen LogP contribution is 2.12. The number of carbonyl (C=O) groups is 1. The van der Waals surface area contributed by atoms with Crippen molar-refractivity contribution in [3.8, 4) is 11.3 Å². The first-order valence-corrected chi connectivity index (χ1v) is 9.08. The Kier molecular flexibility index (Phi) is 4.54. The number of methoxy groups -OCH3 is 1. The molecular weight excluding hydrogens is 378 g/mol. The summed E-state index contributed by atoms with van der Waals surface area (Å²) in [5, 5.41) is 4.21. The number of ether oxygens (including phenoxy) is 1.